The van der Waals surface area contributed by atoms with Crippen LogP contribution in [0.2, 0.25) is 0 Å². The standard InChI is InChI=1S/C6H11FO2S/c1-3-9-6(8)5(7)10-4-2/h5H,3-4H2,1-2H3. The van der Waals surface area contributed by atoms with Gasteiger partial charge in [0, 0.05) is 0 Å². The Bertz CT molecular complexity index is 108. The zero-order valence-corrected chi connectivity index (χ0v) is 6.91. The molecule has 0 aliphatic rings. The molecule has 1 atom stereocenters. The third kappa shape index (κ3) is 3.71. The number of carbonyl (C=O) groups is 1. The van der Waals surface area contributed by atoms with Crippen molar-refractivity contribution in [2.24, 2.45) is 0 Å². The number of thioether (sulfide) groups is 1. The minimum atomic E-state index is -1.51. The van der Waals surface area contributed by atoms with Crippen LogP contribution in [0.15, 0.2) is 0 Å². The van der Waals surface area contributed by atoms with Crippen LogP contribution >= 0.6 is 11.8 Å². The molecular weight excluding hydrogens is 155 g/mol. The lowest BCUT2D eigenvalue weighted by molar-refractivity contribution is -0.145. The highest BCUT2D eigenvalue weighted by Crippen LogP contribution is 2.12. The molecule has 0 aromatic carbocycles. The van der Waals surface area contributed by atoms with Gasteiger partial charge >= 0.3 is 5.97 Å². The molecule has 0 aliphatic heterocycles. The quantitative estimate of drug-likeness (QED) is 0.593. The van der Waals surface area contributed by atoms with E-state index in [1.807, 2.05) is 0 Å². The first-order valence-corrected chi connectivity index (χ1v) is 4.19. The maximum Gasteiger partial charge on any atom is 0.351 e. The predicted octanol–water partition coefficient (Wildman–Crippen LogP) is 1.60. The second kappa shape index (κ2) is 5.53. The van der Waals surface area contributed by atoms with Crippen molar-refractivity contribution in [2.75, 3.05) is 12.4 Å². The third-order valence-corrected chi connectivity index (χ3v) is 1.60. The van der Waals surface area contributed by atoms with Crippen molar-refractivity contribution in [1.29, 1.82) is 0 Å². The Morgan fingerprint density at radius 2 is 2.30 bits per heavy atom. The largest absolute Gasteiger partial charge is 0.463 e. The lowest BCUT2D eigenvalue weighted by Crippen LogP contribution is -2.15. The number of carbonyl (C=O) groups excluding carboxylic acids is 1. The van der Waals surface area contributed by atoms with Gasteiger partial charge in [-0.25, -0.2) is 9.18 Å². The molecule has 0 aromatic heterocycles. The molecular formula is C6H11FO2S. The minimum absolute atomic E-state index is 0.240. The van der Waals surface area contributed by atoms with E-state index in [4.69, 9.17) is 0 Å². The number of rotatable bonds is 4. The van der Waals surface area contributed by atoms with Gasteiger partial charge in [-0.3, -0.25) is 0 Å². The van der Waals surface area contributed by atoms with Crippen LogP contribution in [0.5, 0.6) is 0 Å². The van der Waals surface area contributed by atoms with E-state index in [1.54, 1.807) is 13.8 Å². The summed E-state index contributed by atoms with van der Waals surface area (Å²) in [6, 6.07) is 0. The fourth-order valence-corrected chi connectivity index (χ4v) is 0.919. The molecule has 0 rings (SSSR count). The number of hydrogen-bond acceptors (Lipinski definition) is 3. The Hall–Kier alpha value is -0.250. The maximum absolute atomic E-state index is 12.5. The van der Waals surface area contributed by atoms with E-state index >= 15 is 0 Å². The van der Waals surface area contributed by atoms with Gasteiger partial charge in [0.2, 0.25) is 5.50 Å². The van der Waals surface area contributed by atoms with Crippen molar-refractivity contribution < 1.29 is 13.9 Å². The first-order chi connectivity index (χ1) is 4.72. The Morgan fingerprint density at radius 3 is 2.70 bits per heavy atom. The van der Waals surface area contributed by atoms with E-state index in [-0.39, 0.29) is 6.61 Å². The summed E-state index contributed by atoms with van der Waals surface area (Å²) in [6.07, 6.45) is 0. The van der Waals surface area contributed by atoms with E-state index < -0.39 is 11.5 Å². The van der Waals surface area contributed by atoms with E-state index in [2.05, 4.69) is 4.74 Å². The van der Waals surface area contributed by atoms with Crippen molar-refractivity contribution in [3.8, 4) is 0 Å². The molecule has 0 saturated heterocycles. The topological polar surface area (TPSA) is 26.3 Å². The van der Waals surface area contributed by atoms with E-state index in [0.717, 1.165) is 11.8 Å². The van der Waals surface area contributed by atoms with Gasteiger partial charge in [0.05, 0.1) is 6.61 Å². The van der Waals surface area contributed by atoms with Gasteiger partial charge in [0.1, 0.15) is 0 Å². The summed E-state index contributed by atoms with van der Waals surface area (Å²) in [6.45, 7) is 3.68. The molecule has 0 N–H and O–H groups in total. The highest BCUT2D eigenvalue weighted by Gasteiger charge is 2.16. The third-order valence-electron chi connectivity index (χ3n) is 0.785. The zero-order chi connectivity index (χ0) is 7.98. The first-order valence-electron chi connectivity index (χ1n) is 3.14. The molecule has 0 saturated carbocycles. The number of hydrogen-bond donors (Lipinski definition) is 0. The number of alkyl halides is 1. The molecule has 4 heteroatoms. The van der Waals surface area contributed by atoms with Crippen molar-refractivity contribution in [3.63, 3.8) is 0 Å². The monoisotopic (exact) mass is 166 g/mol. The normalized spacial score (nSPS) is 12.7. The van der Waals surface area contributed by atoms with Gasteiger partial charge in [0.15, 0.2) is 0 Å². The Morgan fingerprint density at radius 1 is 1.70 bits per heavy atom. The molecule has 0 heterocycles. The molecule has 60 valence electrons. The molecule has 0 amide bonds. The van der Waals surface area contributed by atoms with E-state index in [0.29, 0.717) is 5.75 Å². The van der Waals surface area contributed by atoms with Crippen LogP contribution in [0.3, 0.4) is 0 Å². The van der Waals surface area contributed by atoms with Crippen molar-refractivity contribution in [3.05, 3.63) is 0 Å². The minimum Gasteiger partial charge on any atom is -0.463 e. The van der Waals surface area contributed by atoms with Crippen LogP contribution in [0.25, 0.3) is 0 Å². The van der Waals surface area contributed by atoms with Crippen LogP contribution in [-0.4, -0.2) is 23.8 Å². The lowest BCUT2D eigenvalue weighted by Gasteiger charge is -2.04. The molecule has 0 bridgehead atoms. The smallest absolute Gasteiger partial charge is 0.351 e. The molecule has 0 fully saturated rings. The van der Waals surface area contributed by atoms with Gasteiger partial charge < -0.3 is 4.74 Å². The SMILES string of the molecule is CCOC(=O)C(F)SCC. The van der Waals surface area contributed by atoms with Crippen molar-refractivity contribution >= 4 is 17.7 Å². The second-order valence-corrected chi connectivity index (χ2v) is 2.85. The zero-order valence-electron chi connectivity index (χ0n) is 6.09. The maximum atomic E-state index is 12.5. The highest BCUT2D eigenvalue weighted by molar-refractivity contribution is 8.00. The molecule has 10 heavy (non-hydrogen) atoms. The van der Waals surface area contributed by atoms with Gasteiger partial charge in [-0.2, -0.15) is 0 Å². The Kier molecular flexibility index (Phi) is 5.39. The van der Waals surface area contributed by atoms with Crippen LogP contribution in [0.1, 0.15) is 13.8 Å². The summed E-state index contributed by atoms with van der Waals surface area (Å²) in [5.41, 5.74) is -1.51. The van der Waals surface area contributed by atoms with E-state index in [9.17, 15) is 9.18 Å². The van der Waals surface area contributed by atoms with Crippen LogP contribution in [-0.2, 0) is 9.53 Å². The Balaban J connectivity index is 3.49. The number of esters is 1. The lowest BCUT2D eigenvalue weighted by atomic mass is 10.7. The van der Waals surface area contributed by atoms with Crippen molar-refractivity contribution in [2.45, 2.75) is 19.4 Å². The molecule has 0 radical (unpaired) electrons. The predicted molar refractivity (Wildman–Crippen MR) is 39.7 cm³/mol. The molecule has 1 unspecified atom stereocenters. The summed E-state index contributed by atoms with van der Waals surface area (Å²) in [4.78, 5) is 10.5. The fraction of sp³-hybridized carbons (Fsp3) is 0.833. The summed E-state index contributed by atoms with van der Waals surface area (Å²) in [7, 11) is 0. The second-order valence-electron chi connectivity index (χ2n) is 1.52. The van der Waals surface area contributed by atoms with Gasteiger partial charge in [-0.15, -0.1) is 11.8 Å². The van der Waals surface area contributed by atoms with Gasteiger partial charge in [-0.05, 0) is 12.7 Å². The average molecular weight is 166 g/mol. The fourth-order valence-electron chi connectivity index (χ4n) is 0.422. The molecule has 2 nitrogen and oxygen atoms in total. The van der Waals surface area contributed by atoms with Gasteiger partial charge in [0.25, 0.3) is 0 Å². The van der Waals surface area contributed by atoms with Crippen LogP contribution in [0.4, 0.5) is 4.39 Å². The Labute approximate surface area is 64.1 Å². The summed E-state index contributed by atoms with van der Waals surface area (Å²) >= 11 is 0.938. The number of halogens is 1. The summed E-state index contributed by atoms with van der Waals surface area (Å²) < 4.78 is 16.9. The molecule has 0 spiro atoms. The number of ether oxygens (including phenoxy) is 1. The summed E-state index contributed by atoms with van der Waals surface area (Å²) in [5, 5.41) is 0. The molecule has 0 aliphatic carbocycles. The van der Waals surface area contributed by atoms with Crippen LogP contribution < -0.4 is 0 Å². The van der Waals surface area contributed by atoms with E-state index in [1.165, 1.54) is 0 Å². The summed E-state index contributed by atoms with van der Waals surface area (Å²) in [5.74, 6) is -0.186. The average Bonchev–Trinajstić information content (AvgIpc) is 1.89. The first kappa shape index (κ1) is 9.75. The molecule has 0 aromatic rings. The van der Waals surface area contributed by atoms with Crippen molar-refractivity contribution in [1.82, 2.24) is 0 Å². The van der Waals surface area contributed by atoms with Gasteiger partial charge in [-0.1, -0.05) is 6.92 Å². The highest BCUT2D eigenvalue weighted by atomic mass is 32.2. The van der Waals surface area contributed by atoms with Crippen LogP contribution in [0, 0.1) is 0 Å².